The highest BCUT2D eigenvalue weighted by Crippen LogP contribution is 2.38. The average molecular weight is 443 g/mol. The predicted molar refractivity (Wildman–Crippen MR) is 120 cm³/mol. The third-order valence-corrected chi connectivity index (χ3v) is 6.43. The number of carbonyl (C=O) groups excluding carboxylic acids is 1. The fraction of sp³-hybridized carbons (Fsp3) is 0.318. The number of halogens is 1. The minimum absolute atomic E-state index is 0.103. The first-order chi connectivity index (χ1) is 14.7. The second kappa shape index (κ2) is 9.53. The Morgan fingerprint density at radius 1 is 1.20 bits per heavy atom. The molecular weight excluding hydrogens is 420 g/mol. The topological polar surface area (TPSA) is 69.0 Å². The second-order valence-electron chi connectivity index (χ2n) is 7.16. The van der Waals surface area contributed by atoms with Crippen LogP contribution in [0.5, 0.6) is 5.75 Å². The van der Waals surface area contributed by atoms with E-state index < -0.39 is 0 Å². The van der Waals surface area contributed by atoms with Crippen LogP contribution in [0.15, 0.2) is 53.7 Å². The third-order valence-electron chi connectivity index (χ3n) is 5.15. The summed E-state index contributed by atoms with van der Waals surface area (Å²) in [4.78, 5) is 12.5. The van der Waals surface area contributed by atoms with Crippen molar-refractivity contribution >= 4 is 35.0 Å². The number of hydrogen-bond donors (Lipinski definition) is 1. The molecule has 8 heteroatoms. The van der Waals surface area contributed by atoms with E-state index in [1.54, 1.807) is 13.2 Å². The first-order valence-corrected chi connectivity index (χ1v) is 11.3. The fourth-order valence-electron chi connectivity index (χ4n) is 3.72. The minimum atomic E-state index is -0.103. The average Bonchev–Trinajstić information content (AvgIpc) is 3.42. The molecule has 0 unspecified atom stereocenters. The molecule has 0 saturated heterocycles. The number of benzene rings is 2. The van der Waals surface area contributed by atoms with Gasteiger partial charge in [-0.3, -0.25) is 9.36 Å². The van der Waals surface area contributed by atoms with Crippen LogP contribution in [0.1, 0.15) is 31.7 Å². The van der Waals surface area contributed by atoms with E-state index in [-0.39, 0.29) is 11.7 Å². The molecule has 1 amide bonds. The molecule has 4 rings (SSSR count). The molecule has 1 N–H and O–H groups in total. The summed E-state index contributed by atoms with van der Waals surface area (Å²) in [6, 6.07) is 15.3. The van der Waals surface area contributed by atoms with Crippen LogP contribution in [0, 0.1) is 0 Å². The lowest BCUT2D eigenvalue weighted by Gasteiger charge is -2.17. The molecule has 156 valence electrons. The van der Waals surface area contributed by atoms with Crippen LogP contribution < -0.4 is 10.1 Å². The number of anilines is 1. The van der Waals surface area contributed by atoms with E-state index >= 15 is 0 Å². The van der Waals surface area contributed by atoms with Gasteiger partial charge in [0.2, 0.25) is 5.91 Å². The number of methoxy groups -OCH3 is 1. The lowest BCUT2D eigenvalue weighted by Crippen LogP contribution is -2.15. The molecule has 1 aliphatic carbocycles. The van der Waals surface area contributed by atoms with Crippen LogP contribution in [0.3, 0.4) is 0 Å². The van der Waals surface area contributed by atoms with Crippen molar-refractivity contribution in [3.8, 4) is 17.1 Å². The van der Waals surface area contributed by atoms with Gasteiger partial charge in [-0.1, -0.05) is 54.4 Å². The highest BCUT2D eigenvalue weighted by molar-refractivity contribution is 7.99. The Hall–Kier alpha value is -2.51. The molecular formula is C22H23ClN4O2S. The van der Waals surface area contributed by atoms with Gasteiger partial charge >= 0.3 is 0 Å². The van der Waals surface area contributed by atoms with E-state index in [1.807, 2.05) is 42.5 Å². The summed E-state index contributed by atoms with van der Waals surface area (Å²) in [5.41, 5.74) is 1.57. The molecule has 1 aliphatic rings. The molecule has 3 aromatic rings. The lowest BCUT2D eigenvalue weighted by atomic mass is 10.2. The Morgan fingerprint density at radius 3 is 2.77 bits per heavy atom. The summed E-state index contributed by atoms with van der Waals surface area (Å²) in [7, 11) is 1.60. The molecule has 0 atom stereocenters. The monoisotopic (exact) mass is 442 g/mol. The Labute approximate surface area is 185 Å². The van der Waals surface area contributed by atoms with Crippen molar-refractivity contribution in [1.82, 2.24) is 14.8 Å². The zero-order chi connectivity index (χ0) is 20.9. The van der Waals surface area contributed by atoms with E-state index in [0.29, 0.717) is 22.5 Å². The number of nitrogens with zero attached hydrogens (tertiary/aromatic N) is 3. The van der Waals surface area contributed by atoms with Gasteiger partial charge in [-0.25, -0.2) is 0 Å². The Balaban J connectivity index is 1.52. The first kappa shape index (κ1) is 20.8. The maximum absolute atomic E-state index is 12.5. The van der Waals surface area contributed by atoms with Crippen LogP contribution in [0.4, 0.5) is 5.69 Å². The van der Waals surface area contributed by atoms with Gasteiger partial charge in [-0.2, -0.15) is 0 Å². The molecule has 0 spiro atoms. The summed E-state index contributed by atoms with van der Waals surface area (Å²) in [5, 5.41) is 13.1. The van der Waals surface area contributed by atoms with Crippen molar-refractivity contribution < 1.29 is 9.53 Å². The maximum atomic E-state index is 12.5. The van der Waals surface area contributed by atoms with Crippen molar-refractivity contribution in [2.24, 2.45) is 0 Å². The highest BCUT2D eigenvalue weighted by atomic mass is 35.5. The number of ether oxygens (including phenoxy) is 1. The highest BCUT2D eigenvalue weighted by Gasteiger charge is 2.26. The van der Waals surface area contributed by atoms with Gasteiger partial charge in [-0.15, -0.1) is 10.2 Å². The molecule has 30 heavy (non-hydrogen) atoms. The molecule has 1 saturated carbocycles. The van der Waals surface area contributed by atoms with Crippen LogP contribution in [-0.2, 0) is 4.79 Å². The summed E-state index contributed by atoms with van der Waals surface area (Å²) in [6.45, 7) is 0. The number of nitrogens with one attached hydrogen (secondary N) is 1. The zero-order valence-electron chi connectivity index (χ0n) is 16.7. The van der Waals surface area contributed by atoms with Crippen LogP contribution in [0.2, 0.25) is 5.02 Å². The molecule has 0 aliphatic heterocycles. The first-order valence-electron chi connectivity index (χ1n) is 9.92. The maximum Gasteiger partial charge on any atom is 0.234 e. The Bertz CT molecular complexity index is 1030. The number of hydrogen-bond acceptors (Lipinski definition) is 5. The molecule has 1 aromatic heterocycles. The van der Waals surface area contributed by atoms with Gasteiger partial charge < -0.3 is 10.1 Å². The van der Waals surface area contributed by atoms with Crippen molar-refractivity contribution in [2.75, 3.05) is 18.2 Å². The summed E-state index contributed by atoms with van der Waals surface area (Å²) >= 11 is 7.82. The smallest absolute Gasteiger partial charge is 0.234 e. The van der Waals surface area contributed by atoms with Gasteiger partial charge in [-0.05, 0) is 37.1 Å². The molecule has 2 aromatic carbocycles. The van der Waals surface area contributed by atoms with Gasteiger partial charge in [0.15, 0.2) is 11.0 Å². The SMILES string of the molecule is COc1cccc(NC(=O)CSc2nnc(-c3ccccc3Cl)n2C2CCCC2)c1. The summed E-state index contributed by atoms with van der Waals surface area (Å²) in [5.74, 6) is 1.60. The summed E-state index contributed by atoms with van der Waals surface area (Å²) < 4.78 is 7.37. The molecule has 1 fully saturated rings. The van der Waals surface area contributed by atoms with Crippen molar-refractivity contribution in [3.05, 3.63) is 53.6 Å². The summed E-state index contributed by atoms with van der Waals surface area (Å²) in [6.07, 6.45) is 4.54. The largest absolute Gasteiger partial charge is 0.497 e. The van der Waals surface area contributed by atoms with E-state index in [2.05, 4.69) is 20.1 Å². The van der Waals surface area contributed by atoms with E-state index in [0.717, 1.165) is 29.4 Å². The van der Waals surface area contributed by atoms with Crippen LogP contribution in [-0.4, -0.2) is 33.5 Å². The predicted octanol–water partition coefficient (Wildman–Crippen LogP) is 5.45. The Morgan fingerprint density at radius 2 is 2.00 bits per heavy atom. The fourth-order valence-corrected chi connectivity index (χ4v) is 4.75. The van der Waals surface area contributed by atoms with Crippen molar-refractivity contribution in [1.29, 1.82) is 0 Å². The van der Waals surface area contributed by atoms with Gasteiger partial charge in [0, 0.05) is 23.4 Å². The third kappa shape index (κ3) is 4.63. The normalized spacial score (nSPS) is 14.1. The molecule has 0 radical (unpaired) electrons. The van der Waals surface area contributed by atoms with Gasteiger partial charge in [0.05, 0.1) is 17.9 Å². The molecule has 1 heterocycles. The molecule has 6 nitrogen and oxygen atoms in total. The van der Waals surface area contributed by atoms with Crippen LogP contribution in [0.25, 0.3) is 11.4 Å². The Kier molecular flexibility index (Phi) is 6.59. The van der Waals surface area contributed by atoms with E-state index in [1.165, 1.54) is 24.6 Å². The second-order valence-corrected chi connectivity index (χ2v) is 8.51. The quantitative estimate of drug-likeness (QED) is 0.492. The molecule has 0 bridgehead atoms. The van der Waals surface area contributed by atoms with E-state index in [4.69, 9.17) is 16.3 Å². The van der Waals surface area contributed by atoms with Crippen molar-refractivity contribution in [2.45, 2.75) is 36.9 Å². The number of thioether (sulfide) groups is 1. The standard InChI is InChI=1S/C22H23ClN4O2S/c1-29-17-10-6-7-15(13-17)24-20(28)14-30-22-26-25-21(18-11-4-5-12-19(18)23)27(22)16-8-2-3-9-16/h4-7,10-13,16H,2-3,8-9,14H2,1H3,(H,24,28). The van der Waals surface area contributed by atoms with Crippen molar-refractivity contribution in [3.63, 3.8) is 0 Å². The van der Waals surface area contributed by atoms with E-state index in [9.17, 15) is 4.79 Å². The zero-order valence-corrected chi connectivity index (χ0v) is 18.2. The van der Waals surface area contributed by atoms with Crippen LogP contribution >= 0.6 is 23.4 Å². The number of aromatic nitrogens is 3. The number of carbonyl (C=O) groups is 1. The van der Waals surface area contributed by atoms with Gasteiger partial charge in [0.1, 0.15) is 5.75 Å². The lowest BCUT2D eigenvalue weighted by molar-refractivity contribution is -0.113. The number of rotatable bonds is 7. The number of amides is 1. The van der Waals surface area contributed by atoms with Gasteiger partial charge in [0.25, 0.3) is 0 Å². The minimum Gasteiger partial charge on any atom is -0.497 e.